The molecule has 6 rings (SSSR count). The van der Waals surface area contributed by atoms with Crippen LogP contribution < -0.4 is 0 Å². The summed E-state index contributed by atoms with van der Waals surface area (Å²) in [5.74, 6) is -1.62. The number of aromatic amines is 1. The van der Waals surface area contributed by atoms with Gasteiger partial charge in [0.2, 0.25) is 0 Å². The zero-order valence-electron chi connectivity index (χ0n) is 26.6. The van der Waals surface area contributed by atoms with E-state index in [1.54, 1.807) is 38.1 Å². The number of phenolic OH excluding ortho intramolecular Hbond substituents is 4. The molecule has 0 radical (unpaired) electrons. The number of carbonyl (C=O) groups is 2. The van der Waals surface area contributed by atoms with Crippen LogP contribution in [0.15, 0.2) is 84.9 Å². The molecule has 0 spiro atoms. The smallest absolute Gasteiger partial charge is 0.197 e. The van der Waals surface area contributed by atoms with Crippen molar-refractivity contribution in [3.05, 3.63) is 152 Å². The van der Waals surface area contributed by atoms with E-state index in [1.165, 1.54) is 12.1 Å². The fraction of sp³-hybridized carbons (Fsp3) is 0.150. The largest absolute Gasteiger partial charge is 0.507 e. The van der Waals surface area contributed by atoms with Gasteiger partial charge in [-0.05, 0) is 73.7 Å². The van der Waals surface area contributed by atoms with Crippen molar-refractivity contribution in [3.8, 4) is 23.0 Å². The molecule has 47 heavy (non-hydrogen) atoms. The summed E-state index contributed by atoms with van der Waals surface area (Å²) in [6.45, 7) is 7.01. The van der Waals surface area contributed by atoms with Crippen molar-refractivity contribution in [2.75, 3.05) is 0 Å². The van der Waals surface area contributed by atoms with Gasteiger partial charge in [0.25, 0.3) is 0 Å². The van der Waals surface area contributed by atoms with Crippen LogP contribution in [0.1, 0.15) is 76.5 Å². The van der Waals surface area contributed by atoms with Crippen LogP contribution in [-0.2, 0) is 12.8 Å². The third kappa shape index (κ3) is 5.50. The van der Waals surface area contributed by atoms with Gasteiger partial charge < -0.3 is 25.4 Å². The Balaban J connectivity index is 1.47. The number of ketones is 2. The number of aromatic hydroxyl groups is 4. The van der Waals surface area contributed by atoms with Crippen molar-refractivity contribution in [1.29, 1.82) is 0 Å². The molecule has 0 fully saturated rings. The van der Waals surface area contributed by atoms with Crippen LogP contribution in [-0.4, -0.2) is 37.0 Å². The molecule has 0 aliphatic carbocycles. The van der Waals surface area contributed by atoms with Crippen LogP contribution in [0, 0.1) is 27.7 Å². The molecule has 7 heteroatoms. The number of hydrogen-bond donors (Lipinski definition) is 5. The molecular weight excluding hydrogens is 590 g/mol. The second-order valence-corrected chi connectivity index (χ2v) is 12.1. The van der Waals surface area contributed by atoms with Crippen LogP contribution >= 0.6 is 0 Å². The molecule has 0 aliphatic heterocycles. The van der Waals surface area contributed by atoms with Crippen LogP contribution in [0.4, 0.5) is 0 Å². The highest BCUT2D eigenvalue weighted by Gasteiger charge is 2.27. The first kappa shape index (κ1) is 31.2. The Kier molecular flexibility index (Phi) is 8.07. The molecule has 5 N–H and O–H groups in total. The van der Waals surface area contributed by atoms with E-state index in [0.717, 1.165) is 22.0 Å². The topological polar surface area (TPSA) is 131 Å². The van der Waals surface area contributed by atoms with E-state index in [2.05, 4.69) is 4.98 Å². The zero-order chi connectivity index (χ0) is 33.6. The van der Waals surface area contributed by atoms with Crippen LogP contribution in [0.25, 0.3) is 10.9 Å². The van der Waals surface area contributed by atoms with Gasteiger partial charge in [0.1, 0.15) is 23.0 Å². The fourth-order valence-corrected chi connectivity index (χ4v) is 6.32. The molecule has 0 amide bonds. The highest BCUT2D eigenvalue weighted by Crippen LogP contribution is 2.41. The minimum atomic E-state index is -0.359. The minimum Gasteiger partial charge on any atom is -0.507 e. The second kappa shape index (κ2) is 12.2. The molecule has 236 valence electrons. The van der Waals surface area contributed by atoms with Crippen LogP contribution in [0.3, 0.4) is 0 Å². The summed E-state index contributed by atoms with van der Waals surface area (Å²) < 4.78 is 0. The zero-order valence-corrected chi connectivity index (χ0v) is 26.6. The van der Waals surface area contributed by atoms with E-state index < -0.39 is 0 Å². The number of aryl methyl sites for hydroxylation is 4. The van der Waals surface area contributed by atoms with Crippen molar-refractivity contribution < 1.29 is 30.0 Å². The first-order valence-electron chi connectivity index (χ1n) is 15.4. The number of benzene rings is 5. The number of para-hydroxylation sites is 1. The Labute approximate surface area is 272 Å². The lowest BCUT2D eigenvalue weighted by Gasteiger charge is -2.17. The van der Waals surface area contributed by atoms with Crippen LogP contribution in [0.5, 0.6) is 23.0 Å². The maximum Gasteiger partial charge on any atom is 0.197 e. The average Bonchev–Trinajstić information content (AvgIpc) is 3.41. The van der Waals surface area contributed by atoms with Crippen molar-refractivity contribution >= 4 is 22.5 Å². The van der Waals surface area contributed by atoms with Gasteiger partial charge in [-0.15, -0.1) is 0 Å². The Hall–Kier alpha value is -5.82. The summed E-state index contributed by atoms with van der Waals surface area (Å²) in [4.78, 5) is 30.6. The number of nitrogens with one attached hydrogen (secondary N) is 1. The van der Waals surface area contributed by atoms with Crippen LogP contribution in [0.2, 0.25) is 0 Å². The van der Waals surface area contributed by atoms with E-state index in [-0.39, 0.29) is 69.7 Å². The molecule has 0 unspecified atom stereocenters. The molecule has 0 atom stereocenters. The molecule has 6 aromatic rings. The van der Waals surface area contributed by atoms with E-state index in [1.807, 2.05) is 62.4 Å². The van der Waals surface area contributed by atoms with E-state index >= 15 is 0 Å². The van der Waals surface area contributed by atoms with Gasteiger partial charge in [-0.2, -0.15) is 0 Å². The van der Waals surface area contributed by atoms with Crippen molar-refractivity contribution in [1.82, 2.24) is 4.98 Å². The Morgan fingerprint density at radius 1 is 0.511 bits per heavy atom. The maximum absolute atomic E-state index is 13.6. The Bertz CT molecular complexity index is 2230. The lowest BCUT2D eigenvalue weighted by atomic mass is 9.90. The third-order valence-electron chi connectivity index (χ3n) is 9.00. The van der Waals surface area contributed by atoms with E-state index in [0.29, 0.717) is 33.5 Å². The molecule has 7 nitrogen and oxygen atoms in total. The van der Waals surface area contributed by atoms with E-state index in [9.17, 15) is 30.0 Å². The fourth-order valence-electron chi connectivity index (χ4n) is 6.32. The van der Waals surface area contributed by atoms with Crippen molar-refractivity contribution in [2.24, 2.45) is 0 Å². The lowest BCUT2D eigenvalue weighted by Crippen LogP contribution is -2.08. The summed E-state index contributed by atoms with van der Waals surface area (Å²) >= 11 is 0. The quantitative estimate of drug-likeness (QED) is 0.109. The Morgan fingerprint density at radius 3 is 1.47 bits per heavy atom. The highest BCUT2D eigenvalue weighted by molar-refractivity contribution is 6.12. The molecule has 0 saturated heterocycles. The summed E-state index contributed by atoms with van der Waals surface area (Å²) in [6, 6.07) is 24.8. The van der Waals surface area contributed by atoms with Gasteiger partial charge in [-0.3, -0.25) is 9.59 Å². The summed E-state index contributed by atoms with van der Waals surface area (Å²) in [5.41, 5.74) is 5.87. The van der Waals surface area contributed by atoms with Gasteiger partial charge >= 0.3 is 0 Å². The molecule has 0 aliphatic rings. The van der Waals surface area contributed by atoms with Crippen molar-refractivity contribution in [2.45, 2.75) is 40.5 Å². The maximum atomic E-state index is 13.6. The number of carbonyl (C=O) groups excluding carboxylic acids is 2. The number of fused-ring (bicyclic) bond motifs is 1. The first-order chi connectivity index (χ1) is 22.5. The minimum absolute atomic E-state index is 0.0136. The summed E-state index contributed by atoms with van der Waals surface area (Å²) in [6.07, 6.45) is 0.0504. The number of phenols is 4. The van der Waals surface area contributed by atoms with Gasteiger partial charge in [-0.25, -0.2) is 0 Å². The third-order valence-corrected chi connectivity index (χ3v) is 9.00. The lowest BCUT2D eigenvalue weighted by molar-refractivity contribution is 0.102. The molecule has 1 aromatic heterocycles. The molecule has 5 aromatic carbocycles. The van der Waals surface area contributed by atoms with Gasteiger partial charge in [-0.1, -0.05) is 66.7 Å². The predicted octanol–water partition coefficient (Wildman–Crippen LogP) is 7.87. The molecular formula is C40H35NO6. The van der Waals surface area contributed by atoms with Gasteiger partial charge in [0.05, 0.1) is 11.1 Å². The predicted molar refractivity (Wildman–Crippen MR) is 182 cm³/mol. The van der Waals surface area contributed by atoms with Gasteiger partial charge in [0, 0.05) is 51.7 Å². The highest BCUT2D eigenvalue weighted by atomic mass is 16.3. The SMILES string of the molecule is Cc1ccccc1C(=O)c1cc(C)c(O)c(Cc2[nH]c3ccccc3c2Cc2c(O)c(C)cc(C(=O)c3ccccc3C)c2O)c1O. The molecule has 0 saturated carbocycles. The number of aromatic nitrogens is 1. The molecule has 1 heterocycles. The van der Waals surface area contributed by atoms with Crippen molar-refractivity contribution in [3.63, 3.8) is 0 Å². The van der Waals surface area contributed by atoms with E-state index in [4.69, 9.17) is 0 Å². The summed E-state index contributed by atoms with van der Waals surface area (Å²) in [7, 11) is 0. The average molecular weight is 626 g/mol. The first-order valence-corrected chi connectivity index (χ1v) is 15.4. The molecule has 0 bridgehead atoms. The monoisotopic (exact) mass is 625 g/mol. The number of H-pyrrole nitrogens is 1. The number of hydrogen-bond acceptors (Lipinski definition) is 6. The second-order valence-electron chi connectivity index (χ2n) is 12.1. The summed E-state index contributed by atoms with van der Waals surface area (Å²) in [5, 5.41) is 46.2. The Morgan fingerprint density at radius 2 is 0.957 bits per heavy atom. The standard InChI is InChI=1S/C40H35NO6/c1-21-11-5-7-13-25(21)37(44)29-17-23(3)35(42)31(39(29)46)19-28-27-15-9-10-16-33(27)41-34(28)20-32-36(43)24(4)18-30(40(32)47)38(45)26-14-8-6-12-22(26)2/h5-18,41-43,46-47H,19-20H2,1-4H3. The van der Waals surface area contributed by atoms with Gasteiger partial charge in [0.15, 0.2) is 11.6 Å². The number of rotatable bonds is 8. The normalized spacial score (nSPS) is 11.2.